The summed E-state index contributed by atoms with van der Waals surface area (Å²) >= 11 is 0. The number of nitrogen functional groups attached to an aromatic ring is 1. The Labute approximate surface area is 112 Å². The Morgan fingerprint density at radius 2 is 2.05 bits per heavy atom. The number of methoxy groups -OCH3 is 1. The summed E-state index contributed by atoms with van der Waals surface area (Å²) in [6.45, 7) is 1.45. The molecule has 0 aliphatic carbocycles. The van der Waals surface area contributed by atoms with Crippen molar-refractivity contribution in [3.05, 3.63) is 18.2 Å². The van der Waals surface area contributed by atoms with Gasteiger partial charge in [-0.15, -0.1) is 0 Å². The van der Waals surface area contributed by atoms with Gasteiger partial charge in [0.1, 0.15) is 5.75 Å². The highest BCUT2D eigenvalue weighted by Gasteiger charge is 2.22. The molecule has 0 aromatic heterocycles. The van der Waals surface area contributed by atoms with Crippen molar-refractivity contribution >= 4 is 21.6 Å². The average Bonchev–Trinajstić information content (AvgIpc) is 2.37. The SMILES string of the molecule is CNC(=O)C(C)NS(=O)(=O)c1ccc(N)c(OC)c1. The Bertz CT molecular complexity index is 571. The van der Waals surface area contributed by atoms with Crippen LogP contribution in [0.1, 0.15) is 6.92 Å². The van der Waals surface area contributed by atoms with E-state index in [0.29, 0.717) is 5.69 Å². The van der Waals surface area contributed by atoms with E-state index in [-0.39, 0.29) is 10.6 Å². The van der Waals surface area contributed by atoms with Gasteiger partial charge in [0.05, 0.1) is 23.7 Å². The zero-order valence-electron chi connectivity index (χ0n) is 10.9. The normalized spacial score (nSPS) is 12.8. The van der Waals surface area contributed by atoms with Crippen molar-refractivity contribution in [1.29, 1.82) is 0 Å². The highest BCUT2D eigenvalue weighted by molar-refractivity contribution is 7.89. The van der Waals surface area contributed by atoms with Gasteiger partial charge in [-0.2, -0.15) is 4.72 Å². The largest absolute Gasteiger partial charge is 0.495 e. The summed E-state index contributed by atoms with van der Waals surface area (Å²) in [7, 11) is -0.989. The zero-order valence-corrected chi connectivity index (χ0v) is 11.7. The van der Waals surface area contributed by atoms with Gasteiger partial charge in [0.25, 0.3) is 0 Å². The number of carbonyl (C=O) groups is 1. The minimum atomic E-state index is -3.81. The molecule has 106 valence electrons. The number of hydrogen-bond donors (Lipinski definition) is 3. The molecule has 0 radical (unpaired) electrons. The summed E-state index contributed by atoms with van der Waals surface area (Å²) in [6.07, 6.45) is 0. The molecule has 19 heavy (non-hydrogen) atoms. The maximum atomic E-state index is 12.1. The van der Waals surface area contributed by atoms with E-state index in [1.165, 1.54) is 39.3 Å². The number of amides is 1. The molecule has 7 nitrogen and oxygen atoms in total. The summed E-state index contributed by atoms with van der Waals surface area (Å²) < 4.78 is 31.3. The number of ether oxygens (including phenoxy) is 1. The highest BCUT2D eigenvalue weighted by atomic mass is 32.2. The Morgan fingerprint density at radius 1 is 1.42 bits per heavy atom. The topological polar surface area (TPSA) is 111 Å². The van der Waals surface area contributed by atoms with E-state index in [4.69, 9.17) is 10.5 Å². The number of likely N-dealkylation sites (N-methyl/N-ethyl adjacent to an activating group) is 1. The second-order valence-electron chi connectivity index (χ2n) is 3.86. The number of sulfonamides is 1. The third kappa shape index (κ3) is 3.58. The Balaban J connectivity index is 3.04. The van der Waals surface area contributed by atoms with Crippen LogP contribution in [0, 0.1) is 0 Å². The molecular weight excluding hydrogens is 270 g/mol. The number of benzene rings is 1. The van der Waals surface area contributed by atoms with Gasteiger partial charge in [-0.25, -0.2) is 8.42 Å². The lowest BCUT2D eigenvalue weighted by atomic mass is 10.3. The standard InChI is InChI=1S/C11H17N3O4S/c1-7(11(15)13-2)14-19(16,17)8-4-5-9(12)10(6-8)18-3/h4-7,14H,12H2,1-3H3,(H,13,15). The fraction of sp³-hybridized carbons (Fsp3) is 0.364. The average molecular weight is 287 g/mol. The molecule has 0 heterocycles. The van der Waals surface area contributed by atoms with Crippen molar-refractivity contribution in [2.75, 3.05) is 19.9 Å². The van der Waals surface area contributed by atoms with Crippen LogP contribution in [0.3, 0.4) is 0 Å². The first-order valence-corrected chi connectivity index (χ1v) is 6.97. The summed E-state index contributed by atoms with van der Waals surface area (Å²) in [5.74, 6) is -0.165. The van der Waals surface area contributed by atoms with Crippen LogP contribution in [0.4, 0.5) is 5.69 Å². The fourth-order valence-corrected chi connectivity index (χ4v) is 2.65. The lowest BCUT2D eigenvalue weighted by molar-refractivity contribution is -0.121. The van der Waals surface area contributed by atoms with Gasteiger partial charge < -0.3 is 15.8 Å². The van der Waals surface area contributed by atoms with Crippen LogP contribution < -0.4 is 20.5 Å². The predicted octanol–water partition coefficient (Wildman–Crippen LogP) is -0.310. The summed E-state index contributed by atoms with van der Waals surface area (Å²) in [5, 5.41) is 2.36. The maximum Gasteiger partial charge on any atom is 0.241 e. The van der Waals surface area contributed by atoms with Gasteiger partial charge in [0.15, 0.2) is 0 Å². The molecule has 1 atom stereocenters. The third-order valence-electron chi connectivity index (χ3n) is 2.49. The monoisotopic (exact) mass is 287 g/mol. The van der Waals surface area contributed by atoms with Crippen molar-refractivity contribution < 1.29 is 17.9 Å². The van der Waals surface area contributed by atoms with Gasteiger partial charge in [0, 0.05) is 13.1 Å². The lowest BCUT2D eigenvalue weighted by Gasteiger charge is -2.13. The van der Waals surface area contributed by atoms with E-state index < -0.39 is 22.0 Å². The molecule has 0 saturated heterocycles. The third-order valence-corrected chi connectivity index (χ3v) is 4.03. The summed E-state index contributed by atoms with van der Waals surface area (Å²) in [6, 6.07) is 3.20. The Morgan fingerprint density at radius 3 is 2.58 bits per heavy atom. The molecule has 4 N–H and O–H groups in total. The molecule has 0 fully saturated rings. The first-order chi connectivity index (χ1) is 8.81. The number of hydrogen-bond acceptors (Lipinski definition) is 5. The Kier molecular flexibility index (Phi) is 4.73. The Hall–Kier alpha value is -1.80. The van der Waals surface area contributed by atoms with Crippen molar-refractivity contribution in [1.82, 2.24) is 10.0 Å². The molecule has 8 heteroatoms. The molecule has 0 bridgehead atoms. The van der Waals surface area contributed by atoms with Crippen molar-refractivity contribution in [3.8, 4) is 5.75 Å². The van der Waals surface area contributed by atoms with E-state index in [9.17, 15) is 13.2 Å². The van der Waals surface area contributed by atoms with Crippen LogP contribution in [0.2, 0.25) is 0 Å². The molecule has 0 aliphatic heterocycles. The van der Waals surface area contributed by atoms with E-state index in [1.807, 2.05) is 0 Å². The van der Waals surface area contributed by atoms with Crippen LogP contribution in [0.15, 0.2) is 23.1 Å². The molecule has 1 amide bonds. The predicted molar refractivity (Wildman–Crippen MR) is 71.3 cm³/mol. The first-order valence-electron chi connectivity index (χ1n) is 5.49. The van der Waals surface area contributed by atoms with E-state index >= 15 is 0 Å². The van der Waals surface area contributed by atoms with E-state index in [2.05, 4.69) is 10.0 Å². The second-order valence-corrected chi connectivity index (χ2v) is 5.57. The van der Waals surface area contributed by atoms with Crippen LogP contribution >= 0.6 is 0 Å². The van der Waals surface area contributed by atoms with Crippen LogP contribution in [-0.2, 0) is 14.8 Å². The number of anilines is 1. The molecule has 0 spiro atoms. The number of nitrogens with one attached hydrogen (secondary N) is 2. The number of rotatable bonds is 5. The van der Waals surface area contributed by atoms with Gasteiger partial charge >= 0.3 is 0 Å². The van der Waals surface area contributed by atoms with Crippen molar-refractivity contribution in [3.63, 3.8) is 0 Å². The van der Waals surface area contributed by atoms with Crippen LogP contribution in [0.25, 0.3) is 0 Å². The van der Waals surface area contributed by atoms with Crippen molar-refractivity contribution in [2.45, 2.75) is 17.9 Å². The number of carbonyl (C=O) groups excluding carboxylic acids is 1. The smallest absolute Gasteiger partial charge is 0.241 e. The summed E-state index contributed by atoms with van der Waals surface area (Å²) in [4.78, 5) is 11.3. The van der Waals surface area contributed by atoms with Gasteiger partial charge in [-0.3, -0.25) is 4.79 Å². The van der Waals surface area contributed by atoms with E-state index in [1.54, 1.807) is 0 Å². The van der Waals surface area contributed by atoms with Crippen molar-refractivity contribution in [2.24, 2.45) is 0 Å². The quantitative estimate of drug-likeness (QED) is 0.643. The summed E-state index contributed by atoms with van der Waals surface area (Å²) in [5.41, 5.74) is 5.94. The minimum absolute atomic E-state index is 0.0192. The molecule has 0 saturated carbocycles. The highest BCUT2D eigenvalue weighted by Crippen LogP contribution is 2.24. The molecule has 1 aromatic rings. The van der Waals surface area contributed by atoms with Gasteiger partial charge in [-0.05, 0) is 19.1 Å². The zero-order chi connectivity index (χ0) is 14.6. The van der Waals surface area contributed by atoms with Crippen LogP contribution in [0.5, 0.6) is 5.75 Å². The van der Waals surface area contributed by atoms with Gasteiger partial charge in [0.2, 0.25) is 15.9 Å². The molecule has 1 unspecified atom stereocenters. The fourth-order valence-electron chi connectivity index (χ4n) is 1.43. The minimum Gasteiger partial charge on any atom is -0.495 e. The maximum absolute atomic E-state index is 12.1. The molecule has 0 aliphatic rings. The first kappa shape index (κ1) is 15.3. The lowest BCUT2D eigenvalue weighted by Crippen LogP contribution is -2.43. The second kappa shape index (κ2) is 5.89. The van der Waals surface area contributed by atoms with E-state index in [0.717, 1.165) is 0 Å². The molecular formula is C11H17N3O4S. The van der Waals surface area contributed by atoms with Crippen LogP contribution in [-0.4, -0.2) is 34.5 Å². The van der Waals surface area contributed by atoms with Gasteiger partial charge in [-0.1, -0.05) is 0 Å². The molecule has 1 aromatic carbocycles. The number of nitrogens with two attached hydrogens (primary N) is 1. The molecule has 1 rings (SSSR count).